The highest BCUT2D eigenvalue weighted by atomic mass is 16.3. The molecule has 3 heteroatoms. The van der Waals surface area contributed by atoms with Crippen molar-refractivity contribution in [2.75, 3.05) is 4.90 Å². The monoisotopic (exact) mass is 643 g/mol. The Morgan fingerprint density at radius 1 is 0.560 bits per heavy atom. The average molecular weight is 644 g/mol. The summed E-state index contributed by atoms with van der Waals surface area (Å²) in [6.45, 7) is 6.38. The van der Waals surface area contributed by atoms with Crippen LogP contribution in [0.3, 0.4) is 0 Å². The van der Waals surface area contributed by atoms with Crippen LogP contribution in [0.5, 0.6) is 0 Å². The van der Waals surface area contributed by atoms with Gasteiger partial charge in [0, 0.05) is 32.8 Å². The lowest BCUT2D eigenvalue weighted by molar-refractivity contribution is 0.669. The molecule has 0 saturated carbocycles. The van der Waals surface area contributed by atoms with Crippen LogP contribution in [0.2, 0.25) is 0 Å². The summed E-state index contributed by atoms with van der Waals surface area (Å²) in [5.74, 6) is 0. The number of hydrogen-bond acceptors (Lipinski definition) is 3. The van der Waals surface area contributed by atoms with Crippen molar-refractivity contribution in [3.8, 4) is 11.1 Å². The van der Waals surface area contributed by atoms with Crippen LogP contribution in [0.25, 0.3) is 73.2 Å². The molecule has 238 valence electrons. The highest BCUT2D eigenvalue weighted by molar-refractivity contribution is 6.12. The van der Waals surface area contributed by atoms with Gasteiger partial charge in [0.1, 0.15) is 16.7 Å². The second-order valence-electron chi connectivity index (χ2n) is 12.7. The molecular formula is C47H33NO2. The van der Waals surface area contributed by atoms with E-state index in [9.17, 15) is 0 Å². The third-order valence-electron chi connectivity index (χ3n) is 9.59. The van der Waals surface area contributed by atoms with E-state index in [4.69, 9.17) is 8.83 Å². The highest BCUT2D eigenvalue weighted by Gasteiger charge is 2.23. The molecule has 0 aliphatic carbocycles. The first-order valence-corrected chi connectivity index (χ1v) is 16.9. The van der Waals surface area contributed by atoms with E-state index in [1.165, 1.54) is 0 Å². The van der Waals surface area contributed by atoms with Crippen LogP contribution in [0.4, 0.5) is 17.1 Å². The van der Waals surface area contributed by atoms with Gasteiger partial charge in [-0.25, -0.2) is 0 Å². The number of allylic oxidation sites excluding steroid dienone is 2. The third-order valence-corrected chi connectivity index (χ3v) is 9.59. The number of rotatable bonds is 6. The van der Waals surface area contributed by atoms with Crippen LogP contribution < -0.4 is 15.3 Å². The van der Waals surface area contributed by atoms with Crippen molar-refractivity contribution in [2.45, 2.75) is 6.92 Å². The van der Waals surface area contributed by atoms with Crippen molar-refractivity contribution in [2.24, 2.45) is 0 Å². The fourth-order valence-corrected chi connectivity index (χ4v) is 7.00. The standard InChI is InChI=1S/C47H33NO2/c1-31-13-6-7-14-33(31)24-23-32(2)35-25-27-37(34-15-4-3-5-16-34)43(29-35)48(36-26-28-46-41(30-36)39-18-9-10-21-44(39)49-46)42-20-12-19-40-38-17-8-11-22-45(38)50-47(40)42/h3-30H,1H2,2H3/b32-23+,33-24-. The highest BCUT2D eigenvalue weighted by Crippen LogP contribution is 2.47. The Hall–Kier alpha value is -6.58. The number of anilines is 3. The molecule has 50 heavy (non-hydrogen) atoms. The largest absolute Gasteiger partial charge is 0.456 e. The third kappa shape index (κ3) is 5.08. The maximum Gasteiger partial charge on any atom is 0.159 e. The molecule has 0 radical (unpaired) electrons. The molecule has 0 aliphatic rings. The van der Waals surface area contributed by atoms with Gasteiger partial charge < -0.3 is 13.7 Å². The zero-order valence-electron chi connectivity index (χ0n) is 27.6. The smallest absolute Gasteiger partial charge is 0.159 e. The molecule has 3 nitrogen and oxygen atoms in total. The minimum Gasteiger partial charge on any atom is -0.456 e. The molecule has 9 aromatic rings. The fraction of sp³-hybridized carbons (Fsp3) is 0.0213. The van der Waals surface area contributed by atoms with E-state index in [0.29, 0.717) is 0 Å². The Balaban J connectivity index is 1.34. The summed E-state index contributed by atoms with van der Waals surface area (Å²) in [5, 5.41) is 6.43. The van der Waals surface area contributed by atoms with E-state index >= 15 is 0 Å². The van der Waals surface area contributed by atoms with Crippen LogP contribution in [-0.2, 0) is 0 Å². The molecule has 0 unspecified atom stereocenters. The molecule has 0 amide bonds. The first-order chi connectivity index (χ1) is 24.6. The molecule has 7 aromatic carbocycles. The summed E-state index contributed by atoms with van der Waals surface area (Å²) in [6.07, 6.45) is 4.33. The van der Waals surface area contributed by atoms with Crippen molar-refractivity contribution < 1.29 is 8.83 Å². The second kappa shape index (κ2) is 12.1. The minimum atomic E-state index is 0.836. The maximum absolute atomic E-state index is 6.69. The van der Waals surface area contributed by atoms with Crippen molar-refractivity contribution in [3.63, 3.8) is 0 Å². The van der Waals surface area contributed by atoms with Gasteiger partial charge >= 0.3 is 0 Å². The summed E-state index contributed by atoms with van der Waals surface area (Å²) in [6, 6.07) is 55.0. The Labute approximate surface area is 289 Å². The lowest BCUT2D eigenvalue weighted by Crippen LogP contribution is -2.21. The van der Waals surface area contributed by atoms with E-state index < -0.39 is 0 Å². The van der Waals surface area contributed by atoms with Gasteiger partial charge in [-0.15, -0.1) is 0 Å². The van der Waals surface area contributed by atoms with Gasteiger partial charge in [-0.2, -0.15) is 0 Å². The van der Waals surface area contributed by atoms with Crippen LogP contribution in [0, 0.1) is 0 Å². The first-order valence-electron chi connectivity index (χ1n) is 16.9. The van der Waals surface area contributed by atoms with Gasteiger partial charge in [0.25, 0.3) is 0 Å². The Bertz CT molecular complexity index is 2860. The van der Waals surface area contributed by atoms with Crippen LogP contribution in [-0.4, -0.2) is 0 Å². The zero-order chi connectivity index (χ0) is 33.6. The van der Waals surface area contributed by atoms with E-state index in [2.05, 4.69) is 146 Å². The van der Waals surface area contributed by atoms with Crippen LogP contribution in [0.15, 0.2) is 173 Å². The van der Waals surface area contributed by atoms with Gasteiger partial charge in [-0.05, 0) is 76.5 Å². The molecule has 0 N–H and O–H groups in total. The summed E-state index contributed by atoms with van der Waals surface area (Å²) in [5.41, 5.74) is 10.9. The van der Waals surface area contributed by atoms with E-state index in [0.717, 1.165) is 93.6 Å². The number of nitrogens with zero attached hydrogens (tertiary/aromatic N) is 1. The summed E-state index contributed by atoms with van der Waals surface area (Å²) in [7, 11) is 0. The summed E-state index contributed by atoms with van der Waals surface area (Å²) < 4.78 is 13.0. The number of fused-ring (bicyclic) bond motifs is 6. The maximum atomic E-state index is 6.69. The molecule has 0 saturated heterocycles. The van der Waals surface area contributed by atoms with Crippen LogP contribution in [0.1, 0.15) is 12.5 Å². The lowest BCUT2D eigenvalue weighted by Gasteiger charge is -2.28. The minimum absolute atomic E-state index is 0.836. The molecule has 0 spiro atoms. The molecule has 0 fully saturated rings. The van der Waals surface area contributed by atoms with Crippen molar-refractivity contribution in [3.05, 3.63) is 180 Å². The van der Waals surface area contributed by atoms with E-state index in [1.807, 2.05) is 42.5 Å². The molecule has 9 rings (SSSR count). The van der Waals surface area contributed by atoms with Gasteiger partial charge in [-0.3, -0.25) is 0 Å². The lowest BCUT2D eigenvalue weighted by atomic mass is 9.96. The van der Waals surface area contributed by atoms with Crippen molar-refractivity contribution in [1.29, 1.82) is 0 Å². The normalized spacial score (nSPS) is 12.4. The topological polar surface area (TPSA) is 29.5 Å². The van der Waals surface area contributed by atoms with Gasteiger partial charge in [-0.1, -0.05) is 134 Å². The van der Waals surface area contributed by atoms with Gasteiger partial charge in [0.15, 0.2) is 5.58 Å². The predicted octanol–water partition coefficient (Wildman–Crippen LogP) is 11.9. The number of furan rings is 2. The Kier molecular flexibility index (Phi) is 7.18. The fourth-order valence-electron chi connectivity index (χ4n) is 7.00. The zero-order valence-corrected chi connectivity index (χ0v) is 27.6. The number of hydrogen-bond donors (Lipinski definition) is 0. The van der Waals surface area contributed by atoms with E-state index in [-0.39, 0.29) is 0 Å². The van der Waals surface area contributed by atoms with Gasteiger partial charge in [0.2, 0.25) is 0 Å². The van der Waals surface area contributed by atoms with E-state index in [1.54, 1.807) is 0 Å². The second-order valence-corrected chi connectivity index (χ2v) is 12.7. The summed E-state index contributed by atoms with van der Waals surface area (Å²) >= 11 is 0. The van der Waals surface area contributed by atoms with Crippen molar-refractivity contribution in [1.82, 2.24) is 0 Å². The Morgan fingerprint density at radius 2 is 1.24 bits per heavy atom. The van der Waals surface area contributed by atoms with Crippen LogP contribution >= 0.6 is 0 Å². The SMILES string of the molecule is C=c1cccc/c1=C/C=C(\C)c1ccc(-c2ccccc2)c(N(c2ccc3oc4ccccc4c3c2)c2cccc3c2oc2ccccc23)c1. The number of para-hydroxylation sites is 3. The molecule has 2 heterocycles. The molecule has 0 bridgehead atoms. The predicted molar refractivity (Wildman–Crippen MR) is 210 cm³/mol. The summed E-state index contributed by atoms with van der Waals surface area (Å²) in [4.78, 5) is 2.35. The molecule has 0 atom stereocenters. The van der Waals surface area contributed by atoms with Gasteiger partial charge in [0.05, 0.1) is 11.4 Å². The molecular weight excluding hydrogens is 611 g/mol. The molecule has 2 aromatic heterocycles. The first kappa shape index (κ1) is 29.6. The number of benzene rings is 7. The average Bonchev–Trinajstić information content (AvgIpc) is 3.74. The Morgan fingerprint density at radius 3 is 2.06 bits per heavy atom. The molecule has 0 aliphatic heterocycles. The quantitative estimate of drug-likeness (QED) is 0.181. The van der Waals surface area contributed by atoms with Crippen molar-refractivity contribution >= 4 is 79.2 Å².